The molecule has 4 aromatic rings. The average molecular weight is 507 g/mol. The molecule has 0 atom stereocenters. The molecule has 4 heteroatoms. The number of anilines is 4. The molecule has 3 nitrogen and oxygen atoms in total. The second-order valence-electron chi connectivity index (χ2n) is 11.9. The Balaban J connectivity index is 1.23. The Bertz CT molecular complexity index is 1480. The molecular formula is C33H34N2OS. The van der Waals surface area contributed by atoms with E-state index in [2.05, 4.69) is 112 Å². The molecule has 37 heavy (non-hydrogen) atoms. The van der Waals surface area contributed by atoms with Crippen molar-refractivity contribution in [1.82, 2.24) is 0 Å². The molecule has 6 rings (SSSR count). The molecule has 0 aliphatic carbocycles. The van der Waals surface area contributed by atoms with Crippen LogP contribution in [0.2, 0.25) is 0 Å². The van der Waals surface area contributed by atoms with E-state index in [0.717, 1.165) is 35.7 Å². The first-order valence-corrected chi connectivity index (χ1v) is 13.8. The van der Waals surface area contributed by atoms with Gasteiger partial charge in [0.05, 0.1) is 22.7 Å². The fraction of sp³-hybridized carbons (Fsp3) is 0.273. The normalized spacial score (nSPS) is 14.0. The minimum absolute atomic E-state index is 0.00265. The Kier molecular flexibility index (Phi) is 5.76. The van der Waals surface area contributed by atoms with Crippen LogP contribution < -0.4 is 15.0 Å². The smallest absolute Gasteiger partial charge is 0.150 e. The molecule has 0 fully saturated rings. The molecule has 2 heterocycles. The van der Waals surface area contributed by atoms with Gasteiger partial charge in [0.15, 0.2) is 11.5 Å². The number of hydrogen-bond acceptors (Lipinski definition) is 4. The van der Waals surface area contributed by atoms with Crippen molar-refractivity contribution >= 4 is 34.5 Å². The monoisotopic (exact) mass is 506 g/mol. The Hall–Kier alpha value is -3.37. The summed E-state index contributed by atoms with van der Waals surface area (Å²) in [6, 6.07) is 30.5. The van der Waals surface area contributed by atoms with Crippen LogP contribution >= 0.6 is 11.8 Å². The maximum absolute atomic E-state index is 6.10. The van der Waals surface area contributed by atoms with Gasteiger partial charge in [0.1, 0.15) is 0 Å². The number of fused-ring (bicyclic) bond motifs is 4. The van der Waals surface area contributed by atoms with E-state index in [1.165, 1.54) is 32.3 Å². The lowest BCUT2D eigenvalue weighted by Crippen LogP contribution is -2.39. The van der Waals surface area contributed by atoms with Crippen molar-refractivity contribution in [2.75, 3.05) is 10.2 Å². The van der Waals surface area contributed by atoms with Gasteiger partial charge in [0.25, 0.3) is 0 Å². The molecule has 0 aromatic heterocycles. The maximum Gasteiger partial charge on any atom is 0.150 e. The average Bonchev–Trinajstić information content (AvgIpc) is 2.84. The number of hydrogen-bond donors (Lipinski definition) is 1. The van der Waals surface area contributed by atoms with E-state index in [1.54, 1.807) is 0 Å². The van der Waals surface area contributed by atoms with Crippen molar-refractivity contribution in [1.29, 1.82) is 0 Å². The summed E-state index contributed by atoms with van der Waals surface area (Å²) in [6.07, 6.45) is 2.01. The van der Waals surface area contributed by atoms with Crippen LogP contribution in [0.3, 0.4) is 0 Å². The predicted molar refractivity (Wildman–Crippen MR) is 156 cm³/mol. The van der Waals surface area contributed by atoms with Gasteiger partial charge in [-0.1, -0.05) is 62.0 Å². The zero-order valence-electron chi connectivity index (χ0n) is 22.3. The number of para-hydroxylation sites is 3. The summed E-state index contributed by atoms with van der Waals surface area (Å²) in [5.41, 5.74) is 7.47. The van der Waals surface area contributed by atoms with Gasteiger partial charge in [-0.3, -0.25) is 0 Å². The van der Waals surface area contributed by atoms with Crippen LogP contribution in [0.5, 0.6) is 11.5 Å². The van der Waals surface area contributed by atoms with E-state index in [-0.39, 0.29) is 11.0 Å². The fourth-order valence-corrected chi connectivity index (χ4v) is 6.72. The van der Waals surface area contributed by atoms with Crippen LogP contribution in [0.25, 0.3) is 0 Å². The second-order valence-corrected chi connectivity index (χ2v) is 13.0. The summed E-state index contributed by atoms with van der Waals surface area (Å²) in [5.74, 6) is 1.76. The van der Waals surface area contributed by atoms with Gasteiger partial charge in [-0.25, -0.2) is 0 Å². The highest BCUT2D eigenvalue weighted by molar-refractivity contribution is 7.99. The number of nitrogens with one attached hydrogen (secondary N) is 1. The van der Waals surface area contributed by atoms with E-state index in [1.807, 2.05) is 30.0 Å². The quantitative estimate of drug-likeness (QED) is 0.262. The van der Waals surface area contributed by atoms with E-state index < -0.39 is 0 Å². The number of rotatable bonds is 4. The topological polar surface area (TPSA) is 24.5 Å². The fourth-order valence-electron chi connectivity index (χ4n) is 5.60. The molecule has 0 unspecified atom stereocenters. The molecule has 2 aliphatic heterocycles. The molecule has 0 amide bonds. The van der Waals surface area contributed by atoms with Gasteiger partial charge >= 0.3 is 0 Å². The highest BCUT2D eigenvalue weighted by atomic mass is 32.2. The lowest BCUT2D eigenvalue weighted by atomic mass is 9.80. The van der Waals surface area contributed by atoms with Crippen molar-refractivity contribution in [3.05, 3.63) is 96.1 Å². The van der Waals surface area contributed by atoms with Crippen LogP contribution in [0.15, 0.2) is 94.7 Å². The van der Waals surface area contributed by atoms with Crippen LogP contribution in [0.1, 0.15) is 45.7 Å². The molecule has 1 N–H and O–H groups in total. The highest BCUT2D eigenvalue weighted by Gasteiger charge is 2.32. The molecule has 188 valence electrons. The summed E-state index contributed by atoms with van der Waals surface area (Å²) in [5, 5.41) is 3.54. The van der Waals surface area contributed by atoms with E-state index in [0.29, 0.717) is 0 Å². The largest absolute Gasteiger partial charge is 0.453 e. The van der Waals surface area contributed by atoms with Gasteiger partial charge in [0, 0.05) is 15.3 Å². The first kappa shape index (κ1) is 24.0. The van der Waals surface area contributed by atoms with Crippen molar-refractivity contribution < 1.29 is 4.74 Å². The van der Waals surface area contributed by atoms with Gasteiger partial charge in [0.2, 0.25) is 0 Å². The summed E-state index contributed by atoms with van der Waals surface area (Å²) in [4.78, 5) is 5.16. The van der Waals surface area contributed by atoms with Crippen molar-refractivity contribution in [2.45, 2.75) is 62.8 Å². The van der Waals surface area contributed by atoms with Crippen LogP contribution in [-0.2, 0) is 12.8 Å². The van der Waals surface area contributed by atoms with E-state index in [9.17, 15) is 0 Å². The molecule has 4 aromatic carbocycles. The minimum Gasteiger partial charge on any atom is -0.453 e. The van der Waals surface area contributed by atoms with Gasteiger partial charge in [-0.15, -0.1) is 0 Å². The summed E-state index contributed by atoms with van der Waals surface area (Å²) in [7, 11) is 0. The predicted octanol–water partition coefficient (Wildman–Crippen LogP) is 9.75. The highest BCUT2D eigenvalue weighted by Crippen LogP contribution is 2.51. The molecule has 0 bridgehead atoms. The zero-order valence-corrected chi connectivity index (χ0v) is 23.1. The molecule has 0 radical (unpaired) electrons. The molecule has 0 spiro atoms. The van der Waals surface area contributed by atoms with Crippen molar-refractivity contribution in [3.8, 4) is 11.5 Å². The standard InChI is InChI=1S/C33H34N2OS/c1-32(2,3)35-26-11-7-9-13-30(26)37-31-19-23(14-16-27(31)35)21-33(4,5)20-22-15-17-29-25(18-22)34-24-10-6-8-12-28(24)36-29/h6-19,34H,20-21H2,1-5H3. The number of nitrogens with zero attached hydrogens (tertiary/aromatic N) is 1. The second kappa shape index (κ2) is 8.88. The Labute approximate surface area is 224 Å². The summed E-state index contributed by atoms with van der Waals surface area (Å²) >= 11 is 1.89. The van der Waals surface area contributed by atoms with E-state index in [4.69, 9.17) is 4.74 Å². The maximum atomic E-state index is 6.10. The Morgan fingerprint density at radius 3 is 2.14 bits per heavy atom. The van der Waals surface area contributed by atoms with Crippen LogP contribution in [-0.4, -0.2) is 5.54 Å². The van der Waals surface area contributed by atoms with Gasteiger partial charge in [-0.2, -0.15) is 0 Å². The number of ether oxygens (including phenoxy) is 1. The first-order valence-electron chi connectivity index (χ1n) is 13.0. The zero-order chi connectivity index (χ0) is 25.8. The van der Waals surface area contributed by atoms with Crippen LogP contribution in [0, 0.1) is 5.41 Å². The molecular weight excluding hydrogens is 472 g/mol. The number of benzene rings is 4. The molecule has 0 saturated carbocycles. The minimum atomic E-state index is -0.00265. The Morgan fingerprint density at radius 1 is 0.676 bits per heavy atom. The summed E-state index contributed by atoms with van der Waals surface area (Å²) < 4.78 is 6.10. The molecule has 2 aliphatic rings. The van der Waals surface area contributed by atoms with Crippen LogP contribution in [0.4, 0.5) is 22.7 Å². The van der Waals surface area contributed by atoms with E-state index >= 15 is 0 Å². The SMILES string of the molecule is CC(C)(Cc1ccc2c(c1)Nc1ccccc1O2)Cc1ccc2c(c1)Sc1ccccc1N2C(C)(C)C. The van der Waals surface area contributed by atoms with Crippen molar-refractivity contribution in [2.24, 2.45) is 5.41 Å². The first-order chi connectivity index (χ1) is 17.7. The lowest BCUT2D eigenvalue weighted by Gasteiger charge is -2.42. The molecule has 0 saturated heterocycles. The van der Waals surface area contributed by atoms with Gasteiger partial charge in [-0.05, 0) is 98.7 Å². The Morgan fingerprint density at radius 2 is 1.32 bits per heavy atom. The van der Waals surface area contributed by atoms with Gasteiger partial charge < -0.3 is 15.0 Å². The third kappa shape index (κ3) is 4.71. The summed E-state index contributed by atoms with van der Waals surface area (Å²) in [6.45, 7) is 11.6. The third-order valence-corrected chi connectivity index (χ3v) is 8.16. The third-order valence-electron chi connectivity index (χ3n) is 7.05. The lowest BCUT2D eigenvalue weighted by molar-refractivity contribution is 0.360. The van der Waals surface area contributed by atoms with Crippen molar-refractivity contribution in [3.63, 3.8) is 0 Å².